The summed E-state index contributed by atoms with van der Waals surface area (Å²) in [6.07, 6.45) is 2.35. The summed E-state index contributed by atoms with van der Waals surface area (Å²) in [5, 5.41) is 11.4. The van der Waals surface area contributed by atoms with Crippen LogP contribution in [-0.4, -0.2) is 33.4 Å². The van der Waals surface area contributed by atoms with Gasteiger partial charge in [-0.15, -0.1) is 5.10 Å². The highest BCUT2D eigenvalue weighted by molar-refractivity contribution is 6.02. The molecule has 0 aliphatic heterocycles. The first-order chi connectivity index (χ1) is 17.3. The minimum Gasteiger partial charge on any atom is -0.467 e. The molecule has 0 spiro atoms. The number of anilines is 1. The number of amides is 2. The van der Waals surface area contributed by atoms with E-state index in [0.717, 1.165) is 28.6 Å². The molecule has 188 valence electrons. The van der Waals surface area contributed by atoms with E-state index in [1.54, 1.807) is 21.7 Å². The largest absolute Gasteiger partial charge is 0.467 e. The smallest absolute Gasteiger partial charge is 0.251 e. The molecule has 2 heterocycles. The standard InChI is InChI=1S/C28H33N5O3/c1-18(2)12-13-29-28(35)27(24-11-8-14-36-24)33(26-20(4)15-19(3)16-21(26)5)25(34)17-32-23-10-7-6-9-22(23)30-31-32/h6-11,14-16,18,27H,12-13,17H2,1-5H3,(H,29,35). The van der Waals surface area contributed by atoms with Gasteiger partial charge in [-0.2, -0.15) is 0 Å². The third-order valence-corrected chi connectivity index (χ3v) is 6.19. The average Bonchev–Trinajstić information content (AvgIpc) is 3.48. The Hall–Kier alpha value is -3.94. The number of aromatic nitrogens is 3. The maximum absolute atomic E-state index is 14.1. The Bertz CT molecular complexity index is 1330. The molecular weight excluding hydrogens is 454 g/mol. The summed E-state index contributed by atoms with van der Waals surface area (Å²) >= 11 is 0. The maximum Gasteiger partial charge on any atom is 0.251 e. The fourth-order valence-electron chi connectivity index (χ4n) is 4.59. The van der Waals surface area contributed by atoms with Gasteiger partial charge in [0.15, 0.2) is 6.04 Å². The van der Waals surface area contributed by atoms with Crippen LogP contribution in [-0.2, 0) is 16.1 Å². The lowest BCUT2D eigenvalue weighted by Crippen LogP contribution is -2.46. The predicted octanol–water partition coefficient (Wildman–Crippen LogP) is 4.89. The van der Waals surface area contributed by atoms with Crippen molar-refractivity contribution in [3.63, 3.8) is 0 Å². The fourth-order valence-corrected chi connectivity index (χ4v) is 4.59. The quantitative estimate of drug-likeness (QED) is 0.363. The van der Waals surface area contributed by atoms with E-state index in [9.17, 15) is 9.59 Å². The van der Waals surface area contributed by atoms with Gasteiger partial charge in [-0.1, -0.05) is 48.9 Å². The molecule has 2 amide bonds. The van der Waals surface area contributed by atoms with E-state index in [-0.39, 0.29) is 18.4 Å². The van der Waals surface area contributed by atoms with E-state index in [0.29, 0.717) is 29.4 Å². The Labute approximate surface area is 211 Å². The van der Waals surface area contributed by atoms with E-state index >= 15 is 0 Å². The zero-order valence-corrected chi connectivity index (χ0v) is 21.5. The van der Waals surface area contributed by atoms with Crippen LogP contribution >= 0.6 is 0 Å². The lowest BCUT2D eigenvalue weighted by Gasteiger charge is -2.32. The van der Waals surface area contributed by atoms with Crippen LogP contribution in [0.5, 0.6) is 0 Å². The predicted molar refractivity (Wildman–Crippen MR) is 140 cm³/mol. The van der Waals surface area contributed by atoms with Gasteiger partial charge in [0.25, 0.3) is 5.91 Å². The maximum atomic E-state index is 14.1. The van der Waals surface area contributed by atoms with E-state index in [2.05, 4.69) is 29.5 Å². The number of carbonyl (C=O) groups is 2. The topological polar surface area (TPSA) is 93.3 Å². The van der Waals surface area contributed by atoms with Crippen LogP contribution in [0.4, 0.5) is 5.69 Å². The van der Waals surface area contributed by atoms with Crippen LogP contribution < -0.4 is 10.2 Å². The highest BCUT2D eigenvalue weighted by Crippen LogP contribution is 2.34. The molecule has 0 radical (unpaired) electrons. The van der Waals surface area contributed by atoms with Crippen LogP contribution in [0.2, 0.25) is 0 Å². The van der Waals surface area contributed by atoms with Crippen LogP contribution in [0.15, 0.2) is 59.2 Å². The zero-order chi connectivity index (χ0) is 25.8. The van der Waals surface area contributed by atoms with E-state index < -0.39 is 6.04 Å². The number of carbonyl (C=O) groups excluding carboxylic acids is 2. The normalized spacial score (nSPS) is 12.2. The van der Waals surface area contributed by atoms with E-state index in [4.69, 9.17) is 4.42 Å². The summed E-state index contributed by atoms with van der Waals surface area (Å²) in [4.78, 5) is 29.3. The molecule has 4 aromatic rings. The number of aryl methyl sites for hydroxylation is 3. The summed E-state index contributed by atoms with van der Waals surface area (Å²) in [5.74, 6) is 0.253. The van der Waals surface area contributed by atoms with Crippen LogP contribution in [0.25, 0.3) is 11.0 Å². The molecule has 0 aliphatic carbocycles. The second-order valence-corrected chi connectivity index (χ2v) is 9.64. The third kappa shape index (κ3) is 5.32. The second-order valence-electron chi connectivity index (χ2n) is 9.64. The fraction of sp³-hybridized carbons (Fsp3) is 0.357. The number of furan rings is 1. The Morgan fingerprint density at radius 1 is 1.06 bits per heavy atom. The van der Waals surface area contributed by atoms with Crippen molar-refractivity contribution >= 4 is 28.5 Å². The SMILES string of the molecule is Cc1cc(C)c(N(C(=O)Cn2nnc3ccccc32)C(C(=O)NCCC(C)C)c2ccco2)c(C)c1. The van der Waals surface area contributed by atoms with Crippen molar-refractivity contribution in [1.29, 1.82) is 0 Å². The van der Waals surface area contributed by atoms with Crippen LogP contribution in [0.3, 0.4) is 0 Å². The Kier molecular flexibility index (Phi) is 7.52. The van der Waals surface area contributed by atoms with Crippen molar-refractivity contribution < 1.29 is 14.0 Å². The van der Waals surface area contributed by atoms with Crippen molar-refractivity contribution in [3.8, 4) is 0 Å². The van der Waals surface area contributed by atoms with Gasteiger partial charge >= 0.3 is 0 Å². The Morgan fingerprint density at radius 3 is 2.44 bits per heavy atom. The molecule has 4 rings (SSSR count). The number of hydrogen-bond donors (Lipinski definition) is 1. The van der Waals surface area contributed by atoms with Crippen LogP contribution in [0, 0.1) is 26.7 Å². The lowest BCUT2D eigenvalue weighted by molar-refractivity contribution is -0.127. The molecule has 1 atom stereocenters. The first-order valence-electron chi connectivity index (χ1n) is 12.3. The van der Waals surface area contributed by atoms with E-state index in [1.165, 1.54) is 6.26 Å². The molecule has 36 heavy (non-hydrogen) atoms. The van der Waals surface area contributed by atoms with Gasteiger partial charge in [0.1, 0.15) is 17.8 Å². The first kappa shape index (κ1) is 25.2. The zero-order valence-electron chi connectivity index (χ0n) is 21.5. The number of fused-ring (bicyclic) bond motifs is 1. The van der Waals surface area contributed by atoms with Gasteiger partial charge in [-0.3, -0.25) is 14.5 Å². The van der Waals surface area contributed by atoms with Crippen molar-refractivity contribution in [1.82, 2.24) is 20.3 Å². The monoisotopic (exact) mass is 487 g/mol. The highest BCUT2D eigenvalue weighted by Gasteiger charge is 2.36. The summed E-state index contributed by atoms with van der Waals surface area (Å²) in [5.41, 5.74) is 5.02. The molecule has 0 bridgehead atoms. The Morgan fingerprint density at radius 2 is 1.78 bits per heavy atom. The molecule has 0 saturated heterocycles. The van der Waals surface area contributed by atoms with Gasteiger partial charge < -0.3 is 9.73 Å². The van der Waals surface area contributed by atoms with Crippen molar-refractivity contribution in [2.75, 3.05) is 11.4 Å². The van der Waals surface area contributed by atoms with Gasteiger partial charge in [-0.05, 0) is 68.5 Å². The van der Waals surface area contributed by atoms with Crippen LogP contribution in [0.1, 0.15) is 48.8 Å². The number of nitrogens with one attached hydrogen (secondary N) is 1. The van der Waals surface area contributed by atoms with Gasteiger partial charge in [0.05, 0.1) is 17.5 Å². The number of hydrogen-bond acceptors (Lipinski definition) is 5. The number of rotatable bonds is 9. The Balaban J connectivity index is 1.79. The number of benzene rings is 2. The van der Waals surface area contributed by atoms with Crippen molar-refractivity contribution in [2.45, 2.75) is 53.6 Å². The molecule has 1 N–H and O–H groups in total. The summed E-state index contributed by atoms with van der Waals surface area (Å²) in [7, 11) is 0. The molecule has 2 aromatic heterocycles. The first-order valence-corrected chi connectivity index (χ1v) is 12.3. The summed E-state index contributed by atoms with van der Waals surface area (Å²) in [6.45, 7) is 10.6. The van der Waals surface area contributed by atoms with E-state index in [1.807, 2.05) is 57.2 Å². The second kappa shape index (κ2) is 10.8. The molecule has 8 heteroatoms. The molecule has 8 nitrogen and oxygen atoms in total. The van der Waals surface area contributed by atoms with Crippen molar-refractivity contribution in [3.05, 3.63) is 77.2 Å². The molecule has 0 saturated carbocycles. The number of nitrogens with zero attached hydrogens (tertiary/aromatic N) is 4. The van der Waals surface area contributed by atoms with Gasteiger partial charge in [-0.25, -0.2) is 4.68 Å². The average molecular weight is 488 g/mol. The lowest BCUT2D eigenvalue weighted by atomic mass is 10.0. The summed E-state index contributed by atoms with van der Waals surface area (Å²) < 4.78 is 7.29. The van der Waals surface area contributed by atoms with Gasteiger partial charge in [0, 0.05) is 6.54 Å². The minimum atomic E-state index is -0.977. The third-order valence-electron chi connectivity index (χ3n) is 6.19. The molecule has 0 aliphatic rings. The van der Waals surface area contributed by atoms with Crippen molar-refractivity contribution in [2.24, 2.45) is 5.92 Å². The summed E-state index contributed by atoms with van der Waals surface area (Å²) in [6, 6.07) is 14.0. The highest BCUT2D eigenvalue weighted by atomic mass is 16.3. The molecule has 0 fully saturated rings. The molecule has 2 aromatic carbocycles. The minimum absolute atomic E-state index is 0.0796. The van der Waals surface area contributed by atoms with Gasteiger partial charge in [0.2, 0.25) is 5.91 Å². The molecular formula is C28H33N5O3. The number of para-hydroxylation sites is 1. The molecule has 1 unspecified atom stereocenters.